The highest BCUT2D eigenvalue weighted by atomic mass is 32.1. The minimum absolute atomic E-state index is 0.425. The van der Waals surface area contributed by atoms with Gasteiger partial charge in [-0.15, -0.1) is 11.3 Å². The first kappa shape index (κ1) is 19.9. The van der Waals surface area contributed by atoms with Gasteiger partial charge in [-0.05, 0) is 49.8 Å². The number of rotatable bonds is 6. The number of fused-ring (bicyclic) bond motifs is 1. The van der Waals surface area contributed by atoms with Gasteiger partial charge in [-0.1, -0.05) is 25.1 Å². The predicted molar refractivity (Wildman–Crippen MR) is 106 cm³/mol. The van der Waals surface area contributed by atoms with E-state index in [2.05, 4.69) is 18.3 Å². The summed E-state index contributed by atoms with van der Waals surface area (Å²) < 4.78 is 10.5. The maximum atomic E-state index is 12.2. The van der Waals surface area contributed by atoms with Crippen molar-refractivity contribution >= 4 is 28.2 Å². The topological polar surface area (TPSA) is 88.4 Å². The number of nitrogens with zero attached hydrogens (tertiary/aromatic N) is 1. The number of carbonyl (C=O) groups is 2. The van der Waals surface area contributed by atoms with Crippen molar-refractivity contribution in [2.24, 2.45) is 5.92 Å². The second-order valence-corrected chi connectivity index (χ2v) is 8.00. The van der Waals surface area contributed by atoms with Crippen molar-refractivity contribution in [2.75, 3.05) is 11.9 Å². The van der Waals surface area contributed by atoms with Gasteiger partial charge in [0.2, 0.25) is 0 Å². The maximum absolute atomic E-state index is 12.2. The monoisotopic (exact) mass is 398 g/mol. The van der Waals surface area contributed by atoms with Crippen LogP contribution in [0, 0.1) is 17.2 Å². The lowest BCUT2D eigenvalue weighted by atomic mass is 9.89. The summed E-state index contributed by atoms with van der Waals surface area (Å²) in [4.78, 5) is 25.4. The standard InChI is InChI=1S/C21H22N2O4S/c1-13-8-9-16-17(11-22)20(28-18(16)10-13)23-19(24)12-26-21(25)14(2)27-15-6-4-3-5-7-15/h3-7,13-14H,8-10,12H2,1-2H3,(H,23,24)/t13-,14+/m1/s1. The molecule has 2 atom stereocenters. The van der Waals surface area contributed by atoms with Crippen molar-refractivity contribution in [3.05, 3.63) is 46.3 Å². The van der Waals surface area contributed by atoms with Gasteiger partial charge in [0.15, 0.2) is 12.7 Å². The smallest absolute Gasteiger partial charge is 0.347 e. The lowest BCUT2D eigenvalue weighted by molar-refractivity contribution is -0.153. The molecule has 0 aliphatic heterocycles. The van der Waals surface area contributed by atoms with Gasteiger partial charge in [-0.25, -0.2) is 4.79 Å². The molecule has 1 aromatic carbocycles. The van der Waals surface area contributed by atoms with E-state index in [-0.39, 0.29) is 0 Å². The number of nitrogens with one attached hydrogen (secondary N) is 1. The summed E-state index contributed by atoms with van der Waals surface area (Å²) >= 11 is 1.44. The van der Waals surface area contributed by atoms with Crippen LogP contribution in [0.2, 0.25) is 0 Å². The molecule has 1 aliphatic rings. The van der Waals surface area contributed by atoms with Gasteiger partial charge in [-0.2, -0.15) is 5.26 Å². The van der Waals surface area contributed by atoms with E-state index in [1.807, 2.05) is 6.07 Å². The van der Waals surface area contributed by atoms with Crippen LogP contribution in [0.1, 0.15) is 36.3 Å². The van der Waals surface area contributed by atoms with Crippen LogP contribution >= 0.6 is 11.3 Å². The Morgan fingerprint density at radius 1 is 1.36 bits per heavy atom. The van der Waals surface area contributed by atoms with Crippen molar-refractivity contribution in [2.45, 2.75) is 39.2 Å². The average Bonchev–Trinajstić information content (AvgIpc) is 3.02. The fraction of sp³-hybridized carbons (Fsp3) is 0.381. The Balaban J connectivity index is 1.55. The number of amides is 1. The van der Waals surface area contributed by atoms with Crippen LogP contribution in [0.3, 0.4) is 0 Å². The summed E-state index contributed by atoms with van der Waals surface area (Å²) in [5.41, 5.74) is 1.58. The molecular weight excluding hydrogens is 376 g/mol. The molecule has 146 valence electrons. The normalized spacial score (nSPS) is 16.4. The summed E-state index contributed by atoms with van der Waals surface area (Å²) in [7, 11) is 0. The fourth-order valence-electron chi connectivity index (χ4n) is 3.13. The van der Waals surface area contributed by atoms with Crippen molar-refractivity contribution in [1.29, 1.82) is 5.26 Å². The Hall–Kier alpha value is -2.85. The largest absolute Gasteiger partial charge is 0.479 e. The minimum Gasteiger partial charge on any atom is -0.479 e. The first-order valence-corrected chi connectivity index (χ1v) is 10.0. The third kappa shape index (κ3) is 4.70. The molecule has 3 rings (SSSR count). The van der Waals surface area contributed by atoms with Crippen LogP contribution in [0.15, 0.2) is 30.3 Å². The van der Waals surface area contributed by atoms with Gasteiger partial charge in [0.25, 0.3) is 5.91 Å². The number of benzene rings is 1. The maximum Gasteiger partial charge on any atom is 0.347 e. The molecule has 1 aliphatic carbocycles. The molecule has 0 unspecified atom stereocenters. The number of para-hydroxylation sites is 1. The Labute approximate surface area is 168 Å². The third-order valence-electron chi connectivity index (χ3n) is 4.61. The second-order valence-electron chi connectivity index (χ2n) is 6.90. The van der Waals surface area contributed by atoms with Gasteiger partial charge in [0.1, 0.15) is 16.8 Å². The van der Waals surface area contributed by atoms with E-state index in [1.165, 1.54) is 11.3 Å². The Kier molecular flexibility index (Phi) is 6.32. The zero-order valence-electron chi connectivity index (χ0n) is 15.9. The highest BCUT2D eigenvalue weighted by molar-refractivity contribution is 7.16. The van der Waals surface area contributed by atoms with E-state index in [1.54, 1.807) is 31.2 Å². The zero-order valence-corrected chi connectivity index (χ0v) is 16.7. The number of carbonyl (C=O) groups excluding carboxylic acids is 2. The molecule has 0 spiro atoms. The van der Waals surface area contributed by atoms with Crippen LogP contribution in [0.25, 0.3) is 0 Å². The molecule has 1 amide bonds. The molecule has 0 bridgehead atoms. The molecule has 0 saturated carbocycles. The second kappa shape index (κ2) is 8.89. The van der Waals surface area contributed by atoms with E-state index in [9.17, 15) is 14.9 Å². The number of anilines is 1. The number of hydrogen-bond acceptors (Lipinski definition) is 6. The van der Waals surface area contributed by atoms with Gasteiger partial charge >= 0.3 is 5.97 Å². The predicted octanol–water partition coefficient (Wildman–Crippen LogP) is 3.69. The number of nitriles is 1. The van der Waals surface area contributed by atoms with Crippen molar-refractivity contribution in [3.8, 4) is 11.8 Å². The van der Waals surface area contributed by atoms with Crippen LogP contribution in [-0.4, -0.2) is 24.6 Å². The lowest BCUT2D eigenvalue weighted by Gasteiger charge is -2.17. The molecule has 6 nitrogen and oxygen atoms in total. The van der Waals surface area contributed by atoms with E-state index < -0.39 is 24.6 Å². The highest BCUT2D eigenvalue weighted by Gasteiger charge is 2.25. The first-order valence-electron chi connectivity index (χ1n) is 9.20. The summed E-state index contributed by atoms with van der Waals surface area (Å²) in [5.74, 6) is 0.0315. The van der Waals surface area contributed by atoms with Gasteiger partial charge < -0.3 is 14.8 Å². The van der Waals surface area contributed by atoms with E-state index in [4.69, 9.17) is 9.47 Å². The Morgan fingerprint density at radius 2 is 2.11 bits per heavy atom. The molecule has 2 aromatic rings. The molecule has 1 heterocycles. The number of ether oxygens (including phenoxy) is 2. The molecular formula is C21H22N2O4S. The van der Waals surface area contributed by atoms with Gasteiger partial charge in [-0.3, -0.25) is 4.79 Å². The quantitative estimate of drug-likeness (QED) is 0.750. The van der Waals surface area contributed by atoms with Crippen LogP contribution in [0.4, 0.5) is 5.00 Å². The van der Waals surface area contributed by atoms with Crippen LogP contribution < -0.4 is 10.1 Å². The fourth-order valence-corrected chi connectivity index (χ4v) is 4.50. The van der Waals surface area contributed by atoms with Crippen molar-refractivity contribution < 1.29 is 19.1 Å². The van der Waals surface area contributed by atoms with E-state index >= 15 is 0 Å². The van der Waals surface area contributed by atoms with Gasteiger partial charge in [0, 0.05) is 4.88 Å². The van der Waals surface area contributed by atoms with Crippen LogP contribution in [0.5, 0.6) is 5.75 Å². The SMILES string of the molecule is C[C@@H]1CCc2c(sc(NC(=O)COC(=O)[C@H](C)Oc3ccccc3)c2C#N)C1. The molecule has 28 heavy (non-hydrogen) atoms. The molecule has 0 fully saturated rings. The van der Waals surface area contributed by atoms with E-state index in [0.29, 0.717) is 22.2 Å². The Morgan fingerprint density at radius 3 is 2.82 bits per heavy atom. The third-order valence-corrected chi connectivity index (χ3v) is 5.78. The molecule has 0 radical (unpaired) electrons. The zero-order chi connectivity index (χ0) is 20.1. The van der Waals surface area contributed by atoms with Crippen molar-refractivity contribution in [3.63, 3.8) is 0 Å². The summed E-state index contributed by atoms with van der Waals surface area (Å²) in [6, 6.07) is 11.1. The average molecular weight is 398 g/mol. The highest BCUT2D eigenvalue weighted by Crippen LogP contribution is 2.39. The van der Waals surface area contributed by atoms with E-state index in [0.717, 1.165) is 29.7 Å². The van der Waals surface area contributed by atoms with Crippen LogP contribution in [-0.2, 0) is 27.2 Å². The molecule has 1 aromatic heterocycles. The molecule has 1 N–H and O–H groups in total. The number of thiophene rings is 1. The summed E-state index contributed by atoms with van der Waals surface area (Å²) in [5, 5.41) is 12.7. The first-order chi connectivity index (χ1) is 13.5. The molecule has 7 heteroatoms. The number of esters is 1. The van der Waals surface area contributed by atoms with Gasteiger partial charge in [0.05, 0.1) is 5.56 Å². The lowest BCUT2D eigenvalue weighted by Crippen LogP contribution is -2.29. The Bertz CT molecular complexity index is 901. The van der Waals surface area contributed by atoms with Crippen molar-refractivity contribution in [1.82, 2.24) is 0 Å². The summed E-state index contributed by atoms with van der Waals surface area (Å²) in [6.45, 7) is 3.33. The number of hydrogen-bond donors (Lipinski definition) is 1. The minimum atomic E-state index is -0.833. The molecule has 0 saturated heterocycles. The summed E-state index contributed by atoms with van der Waals surface area (Å²) in [6.07, 6.45) is 1.99.